The molecule has 236 valence electrons. The summed E-state index contributed by atoms with van der Waals surface area (Å²) in [5.74, 6) is -0.698. The van der Waals surface area contributed by atoms with Gasteiger partial charge in [-0.3, -0.25) is 9.59 Å². The highest BCUT2D eigenvalue weighted by Crippen LogP contribution is 2.29. The van der Waals surface area contributed by atoms with Gasteiger partial charge in [-0.1, -0.05) is 98.8 Å². The zero-order valence-electron chi connectivity index (χ0n) is 27.2. The Kier molecular flexibility index (Phi) is 11.0. The Balaban J connectivity index is 1.76. The fraction of sp³-hybridized carbons (Fsp3) is 0.342. The first kappa shape index (κ1) is 33.2. The third-order valence-corrected chi connectivity index (χ3v) is 7.84. The quantitative estimate of drug-likeness (QED) is 0.182. The maximum Gasteiger partial charge on any atom is 0.408 e. The van der Waals surface area contributed by atoms with Crippen molar-refractivity contribution in [3.8, 4) is 0 Å². The van der Waals surface area contributed by atoms with Gasteiger partial charge in [0.05, 0.1) is 0 Å². The molecule has 0 heterocycles. The van der Waals surface area contributed by atoms with Gasteiger partial charge in [-0.05, 0) is 80.1 Å². The molecule has 7 nitrogen and oxygen atoms in total. The number of rotatable bonds is 11. The van der Waals surface area contributed by atoms with Gasteiger partial charge in [0.1, 0.15) is 17.7 Å². The van der Waals surface area contributed by atoms with Crippen molar-refractivity contribution in [2.24, 2.45) is 0 Å². The van der Waals surface area contributed by atoms with Gasteiger partial charge in [-0.25, -0.2) is 4.79 Å². The van der Waals surface area contributed by atoms with Crippen LogP contribution in [0.5, 0.6) is 0 Å². The highest BCUT2D eigenvalue weighted by atomic mass is 16.6. The van der Waals surface area contributed by atoms with Crippen molar-refractivity contribution in [1.29, 1.82) is 0 Å². The van der Waals surface area contributed by atoms with E-state index in [0.717, 1.165) is 28.3 Å². The molecule has 3 unspecified atom stereocenters. The summed E-state index contributed by atoms with van der Waals surface area (Å²) in [5.41, 5.74) is 2.58. The molecule has 0 aliphatic carbocycles. The minimum Gasteiger partial charge on any atom is -0.444 e. The maximum absolute atomic E-state index is 14.7. The van der Waals surface area contributed by atoms with Crippen LogP contribution in [0.4, 0.5) is 10.5 Å². The molecule has 4 aromatic rings. The maximum atomic E-state index is 14.7. The molecular weight excluding hydrogens is 562 g/mol. The molecule has 0 aromatic heterocycles. The fourth-order valence-electron chi connectivity index (χ4n) is 5.33. The van der Waals surface area contributed by atoms with Crippen LogP contribution < -0.4 is 10.6 Å². The molecule has 0 saturated heterocycles. The lowest BCUT2D eigenvalue weighted by atomic mass is 9.97. The molecule has 3 amide bonds. The normalized spacial score (nSPS) is 13.4. The number of ether oxygens (including phenoxy) is 1. The topological polar surface area (TPSA) is 87.7 Å². The molecule has 0 bridgehead atoms. The van der Waals surface area contributed by atoms with Crippen LogP contribution >= 0.6 is 0 Å². The van der Waals surface area contributed by atoms with Crippen LogP contribution in [0.3, 0.4) is 0 Å². The Bertz CT molecular complexity index is 1600. The number of nitrogens with zero attached hydrogens (tertiary/aromatic N) is 1. The van der Waals surface area contributed by atoms with E-state index in [-0.39, 0.29) is 24.3 Å². The van der Waals surface area contributed by atoms with Crippen LogP contribution in [0.2, 0.25) is 0 Å². The minimum atomic E-state index is -0.970. The average Bonchev–Trinajstić information content (AvgIpc) is 3.02. The first-order chi connectivity index (χ1) is 21.5. The van der Waals surface area contributed by atoms with Gasteiger partial charge in [0.2, 0.25) is 5.91 Å². The molecule has 0 radical (unpaired) electrons. The fourth-order valence-corrected chi connectivity index (χ4v) is 5.33. The van der Waals surface area contributed by atoms with Gasteiger partial charge in [0, 0.05) is 18.2 Å². The number of aryl methyl sites for hydroxylation is 1. The molecule has 4 aromatic carbocycles. The largest absolute Gasteiger partial charge is 0.444 e. The second-order valence-electron chi connectivity index (χ2n) is 12.4. The number of anilines is 1. The number of amides is 3. The summed E-state index contributed by atoms with van der Waals surface area (Å²) in [6.45, 7) is 11.3. The third kappa shape index (κ3) is 8.94. The molecule has 3 atom stereocenters. The summed E-state index contributed by atoms with van der Waals surface area (Å²) in [4.78, 5) is 43.7. The van der Waals surface area contributed by atoms with Crippen molar-refractivity contribution in [1.82, 2.24) is 10.2 Å². The number of hydrogen-bond acceptors (Lipinski definition) is 4. The number of fused-ring (bicyclic) bond motifs is 1. The van der Waals surface area contributed by atoms with Crippen molar-refractivity contribution in [3.63, 3.8) is 0 Å². The van der Waals surface area contributed by atoms with Crippen LogP contribution in [0, 0.1) is 0 Å². The van der Waals surface area contributed by atoms with Gasteiger partial charge in [0.25, 0.3) is 5.91 Å². The number of nitrogens with one attached hydrogen (secondary N) is 2. The van der Waals surface area contributed by atoms with Gasteiger partial charge in [0.15, 0.2) is 0 Å². The first-order valence-corrected chi connectivity index (χ1v) is 15.7. The lowest BCUT2D eigenvalue weighted by Crippen LogP contribution is -2.55. The molecule has 0 spiro atoms. The number of carbonyl (C=O) groups is 3. The highest BCUT2D eigenvalue weighted by molar-refractivity contribution is 6.00. The lowest BCUT2D eigenvalue weighted by Gasteiger charge is -2.38. The standard InChI is InChI=1S/C38H45N3O4/c1-7-26(3)41(36(43)33(24-28-14-10-9-11-15-28)40-37(44)45-38(4,5)6)34(30-20-18-27(8-2)19-21-30)35(42)39-32-23-22-29-16-12-13-17-31(29)25-32/h9-23,25-26,33-34H,7-8,24H2,1-6H3,(H,39,42)(H,40,44). The summed E-state index contributed by atoms with van der Waals surface area (Å²) in [6.07, 6.45) is 0.995. The summed E-state index contributed by atoms with van der Waals surface area (Å²) in [6, 6.07) is 28.8. The van der Waals surface area contributed by atoms with Crippen LogP contribution in [0.1, 0.15) is 70.7 Å². The predicted molar refractivity (Wildman–Crippen MR) is 181 cm³/mol. The molecule has 45 heavy (non-hydrogen) atoms. The van der Waals surface area contributed by atoms with Crippen molar-refractivity contribution >= 4 is 34.4 Å². The average molecular weight is 608 g/mol. The third-order valence-electron chi connectivity index (χ3n) is 7.84. The van der Waals surface area contributed by atoms with Crippen molar-refractivity contribution in [2.45, 2.75) is 84.5 Å². The second-order valence-corrected chi connectivity index (χ2v) is 12.4. The smallest absolute Gasteiger partial charge is 0.408 e. The molecule has 0 fully saturated rings. The SMILES string of the molecule is CCc1ccc(C(C(=O)Nc2ccc3ccccc3c2)N(C(=O)C(Cc2ccccc2)NC(=O)OC(C)(C)C)C(C)CC)cc1. The summed E-state index contributed by atoms with van der Waals surface area (Å²) < 4.78 is 5.55. The van der Waals surface area contributed by atoms with Crippen molar-refractivity contribution < 1.29 is 19.1 Å². The van der Waals surface area contributed by atoms with Gasteiger partial charge in [-0.15, -0.1) is 0 Å². The molecular formula is C38H45N3O4. The van der Waals surface area contributed by atoms with Crippen LogP contribution in [-0.4, -0.2) is 40.5 Å². The van der Waals surface area contributed by atoms with Crippen LogP contribution in [-0.2, 0) is 27.2 Å². The van der Waals surface area contributed by atoms with E-state index in [1.807, 2.05) is 111 Å². The van der Waals surface area contributed by atoms with Gasteiger partial charge in [-0.2, -0.15) is 0 Å². The second kappa shape index (κ2) is 14.9. The van der Waals surface area contributed by atoms with E-state index in [4.69, 9.17) is 4.74 Å². The zero-order chi connectivity index (χ0) is 32.6. The minimum absolute atomic E-state index is 0.236. The monoisotopic (exact) mass is 607 g/mol. The number of carbonyl (C=O) groups excluding carboxylic acids is 3. The number of benzene rings is 4. The summed E-state index contributed by atoms with van der Waals surface area (Å²) in [7, 11) is 0. The zero-order valence-corrected chi connectivity index (χ0v) is 27.2. The molecule has 2 N–H and O–H groups in total. The number of alkyl carbamates (subject to hydrolysis) is 1. The Hall–Kier alpha value is -4.65. The van der Waals surface area contributed by atoms with Gasteiger partial charge >= 0.3 is 6.09 Å². The van der Waals surface area contributed by atoms with E-state index in [1.165, 1.54) is 0 Å². The van der Waals surface area contributed by atoms with E-state index in [9.17, 15) is 14.4 Å². The Morgan fingerprint density at radius 2 is 1.44 bits per heavy atom. The molecule has 0 saturated carbocycles. The Labute approximate surface area is 267 Å². The van der Waals surface area contributed by atoms with E-state index >= 15 is 0 Å². The first-order valence-electron chi connectivity index (χ1n) is 15.7. The van der Waals surface area contributed by atoms with E-state index < -0.39 is 23.8 Å². The van der Waals surface area contributed by atoms with Crippen molar-refractivity contribution in [3.05, 3.63) is 114 Å². The lowest BCUT2D eigenvalue weighted by molar-refractivity contribution is -0.143. The van der Waals surface area contributed by atoms with Crippen molar-refractivity contribution in [2.75, 3.05) is 5.32 Å². The molecule has 0 aliphatic heterocycles. The highest BCUT2D eigenvalue weighted by Gasteiger charge is 2.38. The predicted octanol–water partition coefficient (Wildman–Crippen LogP) is 7.85. The molecule has 0 aliphatic rings. The Morgan fingerprint density at radius 1 is 0.800 bits per heavy atom. The van der Waals surface area contributed by atoms with Gasteiger partial charge < -0.3 is 20.3 Å². The molecule has 4 rings (SSSR count). The van der Waals surface area contributed by atoms with Crippen LogP contribution in [0.15, 0.2) is 97.1 Å². The van der Waals surface area contributed by atoms with E-state index in [2.05, 4.69) is 17.6 Å². The number of hydrogen-bond donors (Lipinski definition) is 2. The van der Waals surface area contributed by atoms with E-state index in [0.29, 0.717) is 17.7 Å². The summed E-state index contributed by atoms with van der Waals surface area (Å²) >= 11 is 0. The summed E-state index contributed by atoms with van der Waals surface area (Å²) in [5, 5.41) is 7.99. The molecule has 7 heteroatoms. The Morgan fingerprint density at radius 3 is 2.07 bits per heavy atom. The van der Waals surface area contributed by atoms with E-state index in [1.54, 1.807) is 25.7 Å². The van der Waals surface area contributed by atoms with Crippen LogP contribution in [0.25, 0.3) is 10.8 Å².